The fourth-order valence-electron chi connectivity index (χ4n) is 3.02. The Morgan fingerprint density at radius 1 is 1.40 bits per heavy atom. The second-order valence-corrected chi connectivity index (χ2v) is 5.76. The molecule has 110 valence electrons. The van der Waals surface area contributed by atoms with Gasteiger partial charge < -0.3 is 16.0 Å². The molecule has 1 aromatic rings. The first-order valence-corrected chi connectivity index (χ1v) is 7.37. The first-order valence-electron chi connectivity index (χ1n) is 7.37. The van der Waals surface area contributed by atoms with Crippen LogP contribution in [0, 0.1) is 12.8 Å². The first kappa shape index (κ1) is 14.9. The van der Waals surface area contributed by atoms with Gasteiger partial charge in [0, 0.05) is 31.7 Å². The number of carbonyl (C=O) groups is 1. The molecule has 2 rings (SSSR count). The summed E-state index contributed by atoms with van der Waals surface area (Å²) in [7, 11) is 1.98. The highest BCUT2D eigenvalue weighted by atomic mass is 16.1. The van der Waals surface area contributed by atoms with Crippen molar-refractivity contribution in [1.29, 1.82) is 0 Å². The minimum Gasteiger partial charge on any atom is -0.371 e. The highest BCUT2D eigenvalue weighted by molar-refractivity contribution is 5.74. The smallest absolute Gasteiger partial charge is 0.217 e. The van der Waals surface area contributed by atoms with E-state index in [2.05, 4.69) is 35.3 Å². The van der Waals surface area contributed by atoms with Gasteiger partial charge in [-0.1, -0.05) is 17.7 Å². The summed E-state index contributed by atoms with van der Waals surface area (Å²) in [5.74, 6) is 0.289. The Labute approximate surface area is 121 Å². The number of piperidine rings is 1. The third-order valence-electron chi connectivity index (χ3n) is 4.05. The fourth-order valence-corrected chi connectivity index (χ4v) is 3.02. The van der Waals surface area contributed by atoms with Crippen molar-refractivity contribution in [2.24, 2.45) is 11.7 Å². The summed E-state index contributed by atoms with van der Waals surface area (Å²) in [5.41, 5.74) is 9.25. The molecule has 0 atom stereocenters. The van der Waals surface area contributed by atoms with Crippen molar-refractivity contribution < 1.29 is 4.79 Å². The molecule has 1 amide bonds. The standard InChI is InChI=1S/C16H25N3O/c1-12-3-4-15(14(9-12)11-18-2)19-7-5-13(6-8-19)10-16(17)20/h3-4,9,13,18H,5-8,10-11H2,1-2H3,(H2,17,20). The number of nitrogens with zero attached hydrogens (tertiary/aromatic N) is 1. The predicted octanol–water partition coefficient (Wildman–Crippen LogP) is 1.81. The molecule has 1 saturated heterocycles. The van der Waals surface area contributed by atoms with E-state index in [0.717, 1.165) is 32.5 Å². The van der Waals surface area contributed by atoms with Crippen LogP contribution in [-0.4, -0.2) is 26.0 Å². The van der Waals surface area contributed by atoms with Gasteiger partial charge in [-0.25, -0.2) is 0 Å². The van der Waals surface area contributed by atoms with Crippen molar-refractivity contribution in [3.8, 4) is 0 Å². The first-order chi connectivity index (χ1) is 9.60. The number of nitrogens with two attached hydrogens (primary N) is 1. The molecule has 0 aliphatic carbocycles. The molecule has 1 aliphatic heterocycles. The normalized spacial score (nSPS) is 16.4. The van der Waals surface area contributed by atoms with E-state index < -0.39 is 0 Å². The third kappa shape index (κ3) is 3.73. The number of carbonyl (C=O) groups excluding carboxylic acids is 1. The average Bonchev–Trinajstić information content (AvgIpc) is 2.40. The van der Waals surface area contributed by atoms with E-state index in [1.165, 1.54) is 16.8 Å². The highest BCUT2D eigenvalue weighted by Gasteiger charge is 2.22. The molecule has 4 heteroatoms. The lowest BCUT2D eigenvalue weighted by Crippen LogP contribution is -2.35. The number of hydrogen-bond donors (Lipinski definition) is 2. The van der Waals surface area contributed by atoms with Crippen LogP contribution < -0.4 is 16.0 Å². The van der Waals surface area contributed by atoms with Crippen LogP contribution in [0.2, 0.25) is 0 Å². The summed E-state index contributed by atoms with van der Waals surface area (Å²) in [4.78, 5) is 13.4. The van der Waals surface area contributed by atoms with Crippen molar-refractivity contribution in [3.05, 3.63) is 29.3 Å². The minimum absolute atomic E-state index is 0.172. The Morgan fingerprint density at radius 3 is 2.70 bits per heavy atom. The van der Waals surface area contributed by atoms with Crippen LogP contribution >= 0.6 is 0 Å². The number of amides is 1. The molecule has 1 fully saturated rings. The Kier molecular flexibility index (Phi) is 5.01. The van der Waals surface area contributed by atoms with E-state index in [0.29, 0.717) is 12.3 Å². The van der Waals surface area contributed by atoms with Gasteiger partial charge in [-0.05, 0) is 44.4 Å². The van der Waals surface area contributed by atoms with Crippen LogP contribution in [-0.2, 0) is 11.3 Å². The molecule has 20 heavy (non-hydrogen) atoms. The van der Waals surface area contributed by atoms with E-state index >= 15 is 0 Å². The van der Waals surface area contributed by atoms with E-state index in [9.17, 15) is 4.79 Å². The molecular formula is C16H25N3O. The number of nitrogens with one attached hydrogen (secondary N) is 1. The van der Waals surface area contributed by atoms with E-state index in [1.807, 2.05) is 7.05 Å². The zero-order chi connectivity index (χ0) is 14.5. The van der Waals surface area contributed by atoms with Gasteiger partial charge in [0.1, 0.15) is 0 Å². The van der Waals surface area contributed by atoms with Crippen molar-refractivity contribution in [1.82, 2.24) is 5.32 Å². The van der Waals surface area contributed by atoms with E-state index in [-0.39, 0.29) is 5.91 Å². The minimum atomic E-state index is -0.172. The molecule has 0 spiro atoms. The van der Waals surface area contributed by atoms with Crippen LogP contribution in [0.15, 0.2) is 18.2 Å². The lowest BCUT2D eigenvalue weighted by molar-refractivity contribution is -0.119. The Hall–Kier alpha value is -1.55. The molecule has 1 aromatic carbocycles. The summed E-state index contributed by atoms with van der Waals surface area (Å²) < 4.78 is 0. The van der Waals surface area contributed by atoms with Crippen molar-refractivity contribution in [2.75, 3.05) is 25.0 Å². The fraction of sp³-hybridized carbons (Fsp3) is 0.562. The Morgan fingerprint density at radius 2 is 2.10 bits per heavy atom. The molecule has 1 aliphatic rings. The molecule has 0 aromatic heterocycles. The van der Waals surface area contributed by atoms with Crippen molar-refractivity contribution >= 4 is 11.6 Å². The molecule has 0 bridgehead atoms. The molecule has 0 radical (unpaired) electrons. The lowest BCUT2D eigenvalue weighted by Gasteiger charge is -2.34. The SMILES string of the molecule is CNCc1cc(C)ccc1N1CCC(CC(N)=O)CC1. The molecular weight excluding hydrogens is 250 g/mol. The van der Waals surface area contributed by atoms with Gasteiger partial charge in [0.05, 0.1) is 0 Å². The zero-order valence-corrected chi connectivity index (χ0v) is 12.5. The summed E-state index contributed by atoms with van der Waals surface area (Å²) in [5, 5.41) is 3.24. The van der Waals surface area contributed by atoms with Gasteiger partial charge in [-0.15, -0.1) is 0 Å². The third-order valence-corrected chi connectivity index (χ3v) is 4.05. The van der Waals surface area contributed by atoms with Crippen molar-refractivity contribution in [3.63, 3.8) is 0 Å². The van der Waals surface area contributed by atoms with Crippen molar-refractivity contribution in [2.45, 2.75) is 32.7 Å². The number of benzene rings is 1. The monoisotopic (exact) mass is 275 g/mol. The number of anilines is 1. The van der Waals surface area contributed by atoms with Gasteiger partial charge in [0.2, 0.25) is 5.91 Å². The number of primary amides is 1. The van der Waals surface area contributed by atoms with E-state index in [1.54, 1.807) is 0 Å². The molecule has 3 N–H and O–H groups in total. The number of aryl methyl sites for hydroxylation is 1. The summed E-state index contributed by atoms with van der Waals surface area (Å²) in [6.45, 7) is 5.04. The summed E-state index contributed by atoms with van der Waals surface area (Å²) in [6, 6.07) is 6.64. The van der Waals surface area contributed by atoms with Gasteiger partial charge in [-0.2, -0.15) is 0 Å². The number of rotatable bonds is 5. The van der Waals surface area contributed by atoms with Gasteiger partial charge in [0.25, 0.3) is 0 Å². The molecule has 0 saturated carbocycles. The highest BCUT2D eigenvalue weighted by Crippen LogP contribution is 2.28. The van der Waals surface area contributed by atoms with Crippen LogP contribution in [0.5, 0.6) is 0 Å². The largest absolute Gasteiger partial charge is 0.371 e. The second kappa shape index (κ2) is 6.75. The molecule has 1 heterocycles. The second-order valence-electron chi connectivity index (χ2n) is 5.76. The average molecular weight is 275 g/mol. The topological polar surface area (TPSA) is 58.4 Å². The zero-order valence-electron chi connectivity index (χ0n) is 12.5. The van der Waals surface area contributed by atoms with E-state index in [4.69, 9.17) is 5.73 Å². The maximum atomic E-state index is 11.0. The van der Waals surface area contributed by atoms with Gasteiger partial charge in [-0.3, -0.25) is 4.79 Å². The maximum Gasteiger partial charge on any atom is 0.217 e. The Bertz CT molecular complexity index is 465. The number of hydrogen-bond acceptors (Lipinski definition) is 3. The van der Waals surface area contributed by atoms with Gasteiger partial charge in [0.15, 0.2) is 0 Å². The Balaban J connectivity index is 2.04. The van der Waals surface area contributed by atoms with Crippen LogP contribution in [0.4, 0.5) is 5.69 Å². The summed E-state index contributed by atoms with van der Waals surface area (Å²) >= 11 is 0. The maximum absolute atomic E-state index is 11.0. The molecule has 4 nitrogen and oxygen atoms in total. The quantitative estimate of drug-likeness (QED) is 0.861. The predicted molar refractivity (Wildman–Crippen MR) is 82.7 cm³/mol. The van der Waals surface area contributed by atoms with Crippen LogP contribution in [0.3, 0.4) is 0 Å². The summed E-state index contributed by atoms with van der Waals surface area (Å²) in [6.07, 6.45) is 2.64. The lowest BCUT2D eigenvalue weighted by atomic mass is 9.92. The molecule has 0 unspecified atom stereocenters. The van der Waals surface area contributed by atoms with Crippen LogP contribution in [0.25, 0.3) is 0 Å². The van der Waals surface area contributed by atoms with Crippen LogP contribution in [0.1, 0.15) is 30.4 Å². The van der Waals surface area contributed by atoms with Gasteiger partial charge >= 0.3 is 0 Å².